The molecule has 0 N–H and O–H groups in total. The van der Waals surface area contributed by atoms with E-state index in [1.807, 2.05) is 0 Å². The highest BCUT2D eigenvalue weighted by atomic mass is 32.1. The molecule has 2 aromatic heterocycles. The zero-order chi connectivity index (χ0) is 23.8. The molecular weight excluding hydrogens is 456 g/mol. The van der Waals surface area contributed by atoms with Crippen LogP contribution >= 0.6 is 11.3 Å². The molecule has 4 aromatic rings. The molecule has 1 aliphatic heterocycles. The van der Waals surface area contributed by atoms with Crippen LogP contribution in [0.5, 0.6) is 0 Å². The highest BCUT2D eigenvalue weighted by Crippen LogP contribution is 2.36. The van der Waals surface area contributed by atoms with Gasteiger partial charge in [-0.05, 0) is 53.1 Å². The SMILES string of the molecule is CN(C)c1ccc([C@H](c2nnnn2C2CCCC2)N2CCN(c3nc4ccccc4s3)CC2)cc1. The summed E-state index contributed by atoms with van der Waals surface area (Å²) in [6.07, 6.45) is 4.84. The fourth-order valence-corrected chi connectivity index (χ4v) is 6.45. The van der Waals surface area contributed by atoms with Crippen molar-refractivity contribution >= 4 is 32.4 Å². The van der Waals surface area contributed by atoms with Gasteiger partial charge in [0.05, 0.1) is 22.3 Å². The van der Waals surface area contributed by atoms with Crippen molar-refractivity contribution in [2.24, 2.45) is 0 Å². The highest BCUT2D eigenvalue weighted by Gasteiger charge is 2.33. The molecular formula is C26H32N8S. The molecule has 0 spiro atoms. The number of para-hydroxylation sites is 1. The molecule has 1 saturated heterocycles. The molecule has 2 aromatic carbocycles. The largest absolute Gasteiger partial charge is 0.378 e. The smallest absolute Gasteiger partial charge is 0.186 e. The second kappa shape index (κ2) is 9.54. The molecule has 1 atom stereocenters. The molecule has 3 heterocycles. The Morgan fingerprint density at radius 1 is 0.943 bits per heavy atom. The van der Waals surface area contributed by atoms with Crippen molar-refractivity contribution < 1.29 is 0 Å². The third kappa shape index (κ3) is 4.38. The summed E-state index contributed by atoms with van der Waals surface area (Å²) in [5.74, 6) is 0.975. The van der Waals surface area contributed by atoms with E-state index in [1.54, 1.807) is 11.3 Å². The Labute approximate surface area is 210 Å². The van der Waals surface area contributed by atoms with Gasteiger partial charge in [0.25, 0.3) is 0 Å². The van der Waals surface area contributed by atoms with Crippen LogP contribution in [0.4, 0.5) is 10.8 Å². The van der Waals surface area contributed by atoms with Crippen LogP contribution in [0, 0.1) is 0 Å². The number of anilines is 2. The number of hydrogen-bond donors (Lipinski definition) is 0. The minimum Gasteiger partial charge on any atom is -0.378 e. The predicted octanol–water partition coefficient (Wildman–Crippen LogP) is 4.38. The molecule has 2 aliphatic rings. The average Bonchev–Trinajstić information content (AvgIpc) is 3.65. The van der Waals surface area contributed by atoms with Gasteiger partial charge in [-0.2, -0.15) is 0 Å². The molecule has 35 heavy (non-hydrogen) atoms. The third-order valence-corrected chi connectivity index (χ3v) is 8.49. The zero-order valence-electron chi connectivity index (χ0n) is 20.4. The van der Waals surface area contributed by atoms with Crippen LogP contribution in [0.2, 0.25) is 0 Å². The maximum Gasteiger partial charge on any atom is 0.186 e. The van der Waals surface area contributed by atoms with Crippen molar-refractivity contribution in [3.63, 3.8) is 0 Å². The van der Waals surface area contributed by atoms with Gasteiger partial charge in [-0.25, -0.2) is 9.67 Å². The normalized spacial score (nSPS) is 18.4. The number of tetrazole rings is 1. The molecule has 0 radical (unpaired) electrons. The van der Waals surface area contributed by atoms with E-state index < -0.39 is 0 Å². The number of nitrogens with zero attached hydrogens (tertiary/aromatic N) is 8. The number of aromatic nitrogens is 5. The van der Waals surface area contributed by atoms with Gasteiger partial charge in [-0.3, -0.25) is 4.90 Å². The lowest BCUT2D eigenvalue weighted by Crippen LogP contribution is -2.48. The van der Waals surface area contributed by atoms with Crippen LogP contribution in [0.1, 0.15) is 49.2 Å². The lowest BCUT2D eigenvalue weighted by Gasteiger charge is -2.39. The first-order valence-corrected chi connectivity index (χ1v) is 13.4. The Kier molecular flexibility index (Phi) is 6.12. The Hall–Kier alpha value is -3.04. The van der Waals surface area contributed by atoms with E-state index in [9.17, 15) is 0 Å². The van der Waals surface area contributed by atoms with Gasteiger partial charge in [-0.15, -0.1) is 5.10 Å². The van der Waals surface area contributed by atoms with E-state index in [4.69, 9.17) is 4.98 Å². The Morgan fingerprint density at radius 3 is 2.40 bits per heavy atom. The Balaban J connectivity index is 1.28. The van der Waals surface area contributed by atoms with Crippen LogP contribution in [0.15, 0.2) is 48.5 Å². The number of rotatable bonds is 6. The quantitative estimate of drug-likeness (QED) is 0.399. The van der Waals surface area contributed by atoms with Gasteiger partial charge in [0.1, 0.15) is 0 Å². The summed E-state index contributed by atoms with van der Waals surface area (Å²) in [6.45, 7) is 3.76. The molecule has 1 saturated carbocycles. The first kappa shape index (κ1) is 22.4. The van der Waals surface area contributed by atoms with Crippen molar-refractivity contribution in [2.75, 3.05) is 50.1 Å². The number of hydrogen-bond acceptors (Lipinski definition) is 8. The van der Waals surface area contributed by atoms with E-state index in [-0.39, 0.29) is 6.04 Å². The second-order valence-electron chi connectivity index (χ2n) is 9.80. The summed E-state index contributed by atoms with van der Waals surface area (Å²) in [5, 5.41) is 14.3. The summed E-state index contributed by atoms with van der Waals surface area (Å²) < 4.78 is 3.37. The lowest BCUT2D eigenvalue weighted by atomic mass is 10.0. The molecule has 0 amide bonds. The van der Waals surface area contributed by atoms with Crippen molar-refractivity contribution in [1.29, 1.82) is 0 Å². The molecule has 2 fully saturated rings. The van der Waals surface area contributed by atoms with Gasteiger partial charge < -0.3 is 9.80 Å². The molecule has 0 unspecified atom stereocenters. The topological polar surface area (TPSA) is 66.2 Å². The van der Waals surface area contributed by atoms with Crippen molar-refractivity contribution in [3.8, 4) is 0 Å². The van der Waals surface area contributed by atoms with Gasteiger partial charge in [0.15, 0.2) is 11.0 Å². The standard InChI is InChI=1S/C26H32N8S/c1-31(2)20-13-11-19(12-14-20)24(25-28-29-30-34(25)21-7-3-4-8-21)32-15-17-33(18-16-32)26-27-22-9-5-6-10-23(22)35-26/h5-6,9-14,21,24H,3-4,7-8,15-18H2,1-2H3/t24-/m1/s1. The number of benzene rings is 2. The first-order valence-electron chi connectivity index (χ1n) is 12.6. The summed E-state index contributed by atoms with van der Waals surface area (Å²) in [4.78, 5) is 12.0. The molecule has 8 nitrogen and oxygen atoms in total. The maximum atomic E-state index is 4.89. The zero-order valence-corrected chi connectivity index (χ0v) is 21.2. The van der Waals surface area contributed by atoms with E-state index in [0.717, 1.165) is 55.5 Å². The van der Waals surface area contributed by atoms with E-state index in [2.05, 4.69) is 97.5 Å². The van der Waals surface area contributed by atoms with Gasteiger partial charge >= 0.3 is 0 Å². The minimum atomic E-state index is 0.0410. The molecule has 0 bridgehead atoms. The molecule has 6 rings (SSSR count). The fourth-order valence-electron chi connectivity index (χ4n) is 5.43. The lowest BCUT2D eigenvalue weighted by molar-refractivity contribution is 0.197. The Bertz CT molecular complexity index is 1230. The molecule has 1 aliphatic carbocycles. The summed E-state index contributed by atoms with van der Waals surface area (Å²) in [6, 6.07) is 17.7. The molecule has 9 heteroatoms. The monoisotopic (exact) mass is 488 g/mol. The maximum absolute atomic E-state index is 4.89. The first-order chi connectivity index (χ1) is 17.2. The summed E-state index contributed by atoms with van der Waals surface area (Å²) >= 11 is 1.79. The van der Waals surface area contributed by atoms with Gasteiger partial charge in [0.2, 0.25) is 0 Å². The van der Waals surface area contributed by atoms with E-state index in [1.165, 1.54) is 28.8 Å². The van der Waals surface area contributed by atoms with Crippen LogP contribution in [-0.4, -0.2) is 70.4 Å². The predicted molar refractivity (Wildman–Crippen MR) is 141 cm³/mol. The van der Waals surface area contributed by atoms with E-state index >= 15 is 0 Å². The number of thiazole rings is 1. The second-order valence-corrected chi connectivity index (χ2v) is 10.8. The van der Waals surface area contributed by atoms with Gasteiger partial charge in [-0.1, -0.05) is 48.4 Å². The summed E-state index contributed by atoms with van der Waals surface area (Å²) in [5.41, 5.74) is 3.53. The van der Waals surface area contributed by atoms with E-state index in [0.29, 0.717) is 6.04 Å². The number of piperazine rings is 1. The van der Waals surface area contributed by atoms with Crippen molar-refractivity contribution in [2.45, 2.75) is 37.8 Å². The van der Waals surface area contributed by atoms with Crippen molar-refractivity contribution in [3.05, 3.63) is 59.9 Å². The molecule has 182 valence electrons. The average molecular weight is 489 g/mol. The fraction of sp³-hybridized carbons (Fsp3) is 0.462. The van der Waals surface area contributed by atoms with Crippen LogP contribution in [0.3, 0.4) is 0 Å². The highest BCUT2D eigenvalue weighted by molar-refractivity contribution is 7.22. The summed E-state index contributed by atoms with van der Waals surface area (Å²) in [7, 11) is 4.16. The van der Waals surface area contributed by atoms with Crippen LogP contribution < -0.4 is 9.80 Å². The number of fused-ring (bicyclic) bond motifs is 1. The third-order valence-electron chi connectivity index (χ3n) is 7.39. The van der Waals surface area contributed by atoms with Crippen molar-refractivity contribution in [1.82, 2.24) is 30.1 Å². The minimum absolute atomic E-state index is 0.0410. The van der Waals surface area contributed by atoms with Crippen LogP contribution in [0.25, 0.3) is 10.2 Å². The van der Waals surface area contributed by atoms with Crippen LogP contribution in [-0.2, 0) is 0 Å². The van der Waals surface area contributed by atoms with Gasteiger partial charge in [0, 0.05) is 46.0 Å². The Morgan fingerprint density at radius 2 is 1.69 bits per heavy atom.